The predicted octanol–water partition coefficient (Wildman–Crippen LogP) is 0.140. The maximum absolute atomic E-state index is 9.11. The third-order valence-corrected chi connectivity index (χ3v) is 1.86. The van der Waals surface area contributed by atoms with E-state index < -0.39 is 5.60 Å². The van der Waals surface area contributed by atoms with E-state index in [1.54, 1.807) is 0 Å². The van der Waals surface area contributed by atoms with E-state index in [0.29, 0.717) is 5.92 Å². The van der Waals surface area contributed by atoms with Crippen LogP contribution in [0.4, 0.5) is 0 Å². The fraction of sp³-hybridized carbons (Fsp3) is 1.00. The average Bonchev–Trinajstić information content (AvgIpc) is 2.15. The van der Waals surface area contributed by atoms with E-state index in [4.69, 9.17) is 10.2 Å². The molecule has 0 aromatic rings. The molecule has 48 valence electrons. The summed E-state index contributed by atoms with van der Waals surface area (Å²) in [6.45, 7) is 2.02. The second-order valence-corrected chi connectivity index (χ2v) is 2.77. The lowest BCUT2D eigenvalue weighted by molar-refractivity contribution is 0.142. The van der Waals surface area contributed by atoms with E-state index in [1.165, 1.54) is 0 Å². The molecule has 8 heavy (non-hydrogen) atoms. The SMILES string of the molecule is C[C@]1(O)C[C@@H]1CCO. The summed E-state index contributed by atoms with van der Waals surface area (Å²) in [5.74, 6) is 0.368. The quantitative estimate of drug-likeness (QED) is 0.538. The Hall–Kier alpha value is -0.0800. The van der Waals surface area contributed by atoms with E-state index >= 15 is 0 Å². The van der Waals surface area contributed by atoms with Gasteiger partial charge < -0.3 is 10.2 Å². The van der Waals surface area contributed by atoms with Crippen LogP contribution in [0.5, 0.6) is 0 Å². The Balaban J connectivity index is 2.17. The molecule has 1 aliphatic carbocycles. The summed E-state index contributed by atoms with van der Waals surface area (Å²) in [4.78, 5) is 0. The smallest absolute Gasteiger partial charge is 0.0653 e. The van der Waals surface area contributed by atoms with E-state index in [1.807, 2.05) is 6.92 Å². The summed E-state index contributed by atoms with van der Waals surface area (Å²) in [7, 11) is 0. The van der Waals surface area contributed by atoms with Gasteiger partial charge in [0.15, 0.2) is 0 Å². The fourth-order valence-corrected chi connectivity index (χ4v) is 1.01. The first kappa shape index (κ1) is 6.05. The molecule has 0 saturated heterocycles. The second-order valence-electron chi connectivity index (χ2n) is 2.77. The first-order valence-electron chi connectivity index (χ1n) is 3.00. The topological polar surface area (TPSA) is 40.5 Å². The van der Waals surface area contributed by atoms with E-state index in [0.717, 1.165) is 12.8 Å². The van der Waals surface area contributed by atoms with Crippen molar-refractivity contribution >= 4 is 0 Å². The summed E-state index contributed by atoms with van der Waals surface area (Å²) in [6, 6.07) is 0. The average molecular weight is 116 g/mol. The molecule has 0 radical (unpaired) electrons. The molecule has 0 aliphatic heterocycles. The molecule has 2 nitrogen and oxygen atoms in total. The van der Waals surface area contributed by atoms with Crippen LogP contribution < -0.4 is 0 Å². The third-order valence-electron chi connectivity index (χ3n) is 1.86. The van der Waals surface area contributed by atoms with Gasteiger partial charge >= 0.3 is 0 Å². The Morgan fingerprint density at radius 3 is 2.38 bits per heavy atom. The van der Waals surface area contributed by atoms with Crippen LogP contribution in [0.3, 0.4) is 0 Å². The number of aliphatic hydroxyl groups excluding tert-OH is 1. The van der Waals surface area contributed by atoms with Crippen LogP contribution in [0.15, 0.2) is 0 Å². The fourth-order valence-electron chi connectivity index (χ4n) is 1.01. The van der Waals surface area contributed by atoms with Gasteiger partial charge in [-0.2, -0.15) is 0 Å². The lowest BCUT2D eigenvalue weighted by atomic mass is 10.2. The number of hydrogen-bond acceptors (Lipinski definition) is 2. The highest BCUT2D eigenvalue weighted by atomic mass is 16.3. The van der Waals surface area contributed by atoms with Gasteiger partial charge in [0.05, 0.1) is 5.60 Å². The van der Waals surface area contributed by atoms with Crippen LogP contribution in [0.2, 0.25) is 0 Å². The highest BCUT2D eigenvalue weighted by Crippen LogP contribution is 2.44. The van der Waals surface area contributed by atoms with Crippen molar-refractivity contribution in [1.82, 2.24) is 0 Å². The lowest BCUT2D eigenvalue weighted by Gasteiger charge is -1.97. The van der Waals surface area contributed by atoms with Crippen LogP contribution in [-0.2, 0) is 0 Å². The minimum Gasteiger partial charge on any atom is -0.396 e. The zero-order valence-electron chi connectivity index (χ0n) is 5.09. The van der Waals surface area contributed by atoms with E-state index in [9.17, 15) is 0 Å². The standard InChI is InChI=1S/C6H12O2/c1-6(8)4-5(6)2-3-7/h5,7-8H,2-4H2,1H3/t5-,6-/m0/s1. The molecular formula is C6H12O2. The maximum Gasteiger partial charge on any atom is 0.0653 e. The van der Waals surface area contributed by atoms with Gasteiger partial charge in [0.2, 0.25) is 0 Å². The molecule has 0 unspecified atom stereocenters. The largest absolute Gasteiger partial charge is 0.396 e. The summed E-state index contributed by atoms with van der Waals surface area (Å²) in [5, 5.41) is 17.5. The van der Waals surface area contributed by atoms with Crippen LogP contribution in [0.1, 0.15) is 19.8 Å². The van der Waals surface area contributed by atoms with E-state index in [2.05, 4.69) is 0 Å². The summed E-state index contributed by atoms with van der Waals surface area (Å²) in [6.07, 6.45) is 1.63. The van der Waals surface area contributed by atoms with Crippen molar-refractivity contribution < 1.29 is 10.2 Å². The third kappa shape index (κ3) is 1.01. The highest BCUT2D eigenvalue weighted by molar-refractivity contribution is 4.98. The number of hydrogen-bond donors (Lipinski definition) is 2. The van der Waals surface area contributed by atoms with Crippen molar-refractivity contribution in [3.63, 3.8) is 0 Å². The van der Waals surface area contributed by atoms with Crippen molar-refractivity contribution in [1.29, 1.82) is 0 Å². The molecule has 0 aromatic carbocycles. The molecule has 1 rings (SSSR count). The summed E-state index contributed by atoms with van der Waals surface area (Å²) < 4.78 is 0. The second kappa shape index (κ2) is 1.71. The summed E-state index contributed by atoms with van der Waals surface area (Å²) >= 11 is 0. The molecule has 0 amide bonds. The molecule has 2 N–H and O–H groups in total. The molecule has 2 heteroatoms. The first-order valence-corrected chi connectivity index (χ1v) is 3.00. The molecule has 0 bridgehead atoms. The predicted molar refractivity (Wildman–Crippen MR) is 30.4 cm³/mol. The van der Waals surface area contributed by atoms with Crippen LogP contribution in [0.25, 0.3) is 0 Å². The van der Waals surface area contributed by atoms with Gasteiger partial charge in [0.1, 0.15) is 0 Å². The monoisotopic (exact) mass is 116 g/mol. The highest BCUT2D eigenvalue weighted by Gasteiger charge is 2.47. The Morgan fingerprint density at radius 2 is 2.25 bits per heavy atom. The molecular weight excluding hydrogens is 104 g/mol. The maximum atomic E-state index is 9.11. The van der Waals surface area contributed by atoms with Crippen molar-refractivity contribution in [3.8, 4) is 0 Å². The molecule has 0 spiro atoms. The van der Waals surface area contributed by atoms with Crippen molar-refractivity contribution in [3.05, 3.63) is 0 Å². The van der Waals surface area contributed by atoms with Crippen molar-refractivity contribution in [2.45, 2.75) is 25.4 Å². The molecule has 1 aliphatic rings. The van der Waals surface area contributed by atoms with Crippen LogP contribution in [0, 0.1) is 5.92 Å². The molecule has 2 atom stereocenters. The number of aliphatic hydroxyl groups is 2. The number of rotatable bonds is 2. The molecule has 0 aromatic heterocycles. The minimum atomic E-state index is -0.442. The Kier molecular flexibility index (Phi) is 1.29. The minimum absolute atomic E-state index is 0.209. The van der Waals surface area contributed by atoms with Gasteiger partial charge in [-0.15, -0.1) is 0 Å². The van der Waals surface area contributed by atoms with Crippen LogP contribution >= 0.6 is 0 Å². The Morgan fingerprint density at radius 1 is 1.75 bits per heavy atom. The zero-order chi connectivity index (χ0) is 6.20. The van der Waals surface area contributed by atoms with Gasteiger partial charge in [0.25, 0.3) is 0 Å². The normalized spacial score (nSPS) is 44.6. The molecule has 1 fully saturated rings. The first-order chi connectivity index (χ1) is 3.67. The van der Waals surface area contributed by atoms with Gasteiger partial charge in [-0.25, -0.2) is 0 Å². The van der Waals surface area contributed by atoms with Crippen molar-refractivity contribution in [2.75, 3.05) is 6.61 Å². The Labute approximate surface area is 49.1 Å². The van der Waals surface area contributed by atoms with Crippen LogP contribution in [-0.4, -0.2) is 22.4 Å². The molecule has 0 heterocycles. The van der Waals surface area contributed by atoms with E-state index in [-0.39, 0.29) is 6.61 Å². The zero-order valence-corrected chi connectivity index (χ0v) is 5.09. The van der Waals surface area contributed by atoms with Crippen molar-refractivity contribution in [2.24, 2.45) is 5.92 Å². The van der Waals surface area contributed by atoms with Gasteiger partial charge in [-0.3, -0.25) is 0 Å². The lowest BCUT2D eigenvalue weighted by Crippen LogP contribution is -2.04. The van der Waals surface area contributed by atoms with Gasteiger partial charge in [-0.1, -0.05) is 0 Å². The molecule has 1 saturated carbocycles. The summed E-state index contributed by atoms with van der Waals surface area (Å²) in [5.41, 5.74) is -0.442. The Bertz CT molecular complexity index is 88.5. The van der Waals surface area contributed by atoms with Gasteiger partial charge in [-0.05, 0) is 25.7 Å². The van der Waals surface area contributed by atoms with Gasteiger partial charge in [0, 0.05) is 6.61 Å².